The van der Waals surface area contributed by atoms with Crippen molar-refractivity contribution in [1.29, 1.82) is 0 Å². The van der Waals surface area contributed by atoms with Crippen molar-refractivity contribution in [3.63, 3.8) is 0 Å². The lowest BCUT2D eigenvalue weighted by Crippen LogP contribution is -2.34. The summed E-state index contributed by atoms with van der Waals surface area (Å²) in [5.41, 5.74) is 0.293. The molecule has 1 fully saturated rings. The van der Waals surface area contributed by atoms with Crippen LogP contribution in [0.3, 0.4) is 0 Å². The molecule has 0 aliphatic carbocycles. The number of carbonyl (C=O) groups excluding carboxylic acids is 2. The largest absolute Gasteiger partial charge is 0.336 e. The van der Waals surface area contributed by atoms with Crippen LogP contribution in [0.15, 0.2) is 24.3 Å². The molecule has 0 saturated carbocycles. The fourth-order valence-electron chi connectivity index (χ4n) is 1.82. The van der Waals surface area contributed by atoms with Gasteiger partial charge < -0.3 is 4.90 Å². The first-order chi connectivity index (χ1) is 7.70. The molecule has 1 amide bonds. The van der Waals surface area contributed by atoms with Gasteiger partial charge in [-0.1, -0.05) is 23.7 Å². The fourth-order valence-corrected chi connectivity index (χ4v) is 2.05. The van der Waals surface area contributed by atoms with Crippen molar-refractivity contribution in [3.8, 4) is 0 Å². The Bertz CT molecular complexity index is 425. The molecule has 84 valence electrons. The van der Waals surface area contributed by atoms with Gasteiger partial charge in [-0.2, -0.15) is 0 Å². The smallest absolute Gasteiger partial charge is 0.295 e. The van der Waals surface area contributed by atoms with Crippen LogP contribution in [0.2, 0.25) is 5.02 Å². The zero-order valence-electron chi connectivity index (χ0n) is 8.78. The highest BCUT2D eigenvalue weighted by molar-refractivity contribution is 6.46. The molecule has 3 nitrogen and oxygen atoms in total. The second kappa shape index (κ2) is 4.66. The van der Waals surface area contributed by atoms with E-state index in [1.165, 1.54) is 0 Å². The summed E-state index contributed by atoms with van der Waals surface area (Å²) >= 11 is 5.88. The molecule has 4 heteroatoms. The molecule has 1 aromatic rings. The number of Topliss-reactive ketones (excluding diaryl/α,β-unsaturated/α-hetero) is 1. The molecule has 16 heavy (non-hydrogen) atoms. The van der Waals surface area contributed by atoms with E-state index in [-0.39, 0.29) is 0 Å². The topological polar surface area (TPSA) is 37.4 Å². The lowest BCUT2D eigenvalue weighted by molar-refractivity contribution is -0.125. The van der Waals surface area contributed by atoms with Crippen molar-refractivity contribution in [2.24, 2.45) is 0 Å². The van der Waals surface area contributed by atoms with Crippen molar-refractivity contribution in [1.82, 2.24) is 4.90 Å². The van der Waals surface area contributed by atoms with Gasteiger partial charge in [-0.15, -0.1) is 0 Å². The molecule has 0 aromatic heterocycles. The van der Waals surface area contributed by atoms with Crippen LogP contribution in [0.25, 0.3) is 0 Å². The SMILES string of the molecule is O=C(C(=O)N1CCCC1)c1ccccc1Cl. The van der Waals surface area contributed by atoms with Crippen molar-refractivity contribution in [3.05, 3.63) is 34.9 Å². The highest BCUT2D eigenvalue weighted by atomic mass is 35.5. The van der Waals surface area contributed by atoms with E-state index in [9.17, 15) is 9.59 Å². The molecular weight excluding hydrogens is 226 g/mol. The number of rotatable bonds is 2. The van der Waals surface area contributed by atoms with Crippen molar-refractivity contribution < 1.29 is 9.59 Å². The molecule has 0 atom stereocenters. The van der Waals surface area contributed by atoms with Gasteiger partial charge in [-0.25, -0.2) is 0 Å². The first-order valence-electron chi connectivity index (χ1n) is 5.28. The summed E-state index contributed by atoms with van der Waals surface area (Å²) in [6, 6.07) is 6.64. The molecule has 1 saturated heterocycles. The number of nitrogens with zero attached hydrogens (tertiary/aromatic N) is 1. The van der Waals surface area contributed by atoms with Crippen LogP contribution in [0, 0.1) is 0 Å². The molecule has 2 rings (SSSR count). The van der Waals surface area contributed by atoms with Gasteiger partial charge in [0, 0.05) is 18.7 Å². The second-order valence-electron chi connectivity index (χ2n) is 3.81. The molecule has 1 heterocycles. The van der Waals surface area contributed by atoms with Crippen LogP contribution in [0.1, 0.15) is 23.2 Å². The van der Waals surface area contributed by atoms with Gasteiger partial charge in [0.2, 0.25) is 0 Å². The zero-order chi connectivity index (χ0) is 11.5. The van der Waals surface area contributed by atoms with Crippen molar-refractivity contribution in [2.75, 3.05) is 13.1 Å². The third kappa shape index (κ3) is 2.09. The minimum absolute atomic E-state index is 0.293. The lowest BCUT2D eigenvalue weighted by atomic mass is 10.1. The fraction of sp³-hybridized carbons (Fsp3) is 0.333. The molecule has 1 aliphatic rings. The molecular formula is C12H12ClNO2. The first-order valence-corrected chi connectivity index (χ1v) is 5.66. The lowest BCUT2D eigenvalue weighted by Gasteiger charge is -2.14. The molecule has 0 N–H and O–H groups in total. The second-order valence-corrected chi connectivity index (χ2v) is 4.22. The number of ketones is 1. The summed E-state index contributed by atoms with van der Waals surface area (Å²) in [5.74, 6) is -0.946. The summed E-state index contributed by atoms with van der Waals surface area (Å²) in [5, 5.41) is 0.333. The summed E-state index contributed by atoms with van der Waals surface area (Å²) in [6.07, 6.45) is 1.95. The van der Waals surface area contributed by atoms with Crippen LogP contribution in [-0.2, 0) is 4.79 Å². The van der Waals surface area contributed by atoms with E-state index in [4.69, 9.17) is 11.6 Å². The Balaban J connectivity index is 2.19. The van der Waals surface area contributed by atoms with E-state index in [0.29, 0.717) is 23.7 Å². The molecule has 1 aliphatic heterocycles. The van der Waals surface area contributed by atoms with Gasteiger partial charge in [0.1, 0.15) is 0 Å². The van der Waals surface area contributed by atoms with Crippen LogP contribution in [0.5, 0.6) is 0 Å². The number of amides is 1. The van der Waals surface area contributed by atoms with Gasteiger partial charge >= 0.3 is 0 Å². The molecule has 0 bridgehead atoms. The number of hydrogen-bond donors (Lipinski definition) is 0. The summed E-state index contributed by atoms with van der Waals surface area (Å²) in [7, 11) is 0. The van der Waals surface area contributed by atoms with Crippen LogP contribution in [-0.4, -0.2) is 29.7 Å². The summed E-state index contributed by atoms with van der Waals surface area (Å²) in [6.45, 7) is 1.35. The molecule has 0 radical (unpaired) electrons. The molecule has 0 unspecified atom stereocenters. The Morgan fingerprint density at radius 1 is 1.12 bits per heavy atom. The maximum absolute atomic E-state index is 11.9. The van der Waals surface area contributed by atoms with E-state index in [1.54, 1.807) is 29.2 Å². The van der Waals surface area contributed by atoms with Gasteiger partial charge in [-0.3, -0.25) is 9.59 Å². The quantitative estimate of drug-likeness (QED) is 0.584. The van der Waals surface area contributed by atoms with E-state index in [1.807, 2.05) is 0 Å². The van der Waals surface area contributed by atoms with Crippen LogP contribution < -0.4 is 0 Å². The molecule has 1 aromatic carbocycles. The van der Waals surface area contributed by atoms with Crippen LogP contribution >= 0.6 is 11.6 Å². The Morgan fingerprint density at radius 2 is 1.75 bits per heavy atom. The Hall–Kier alpha value is -1.35. The Morgan fingerprint density at radius 3 is 2.38 bits per heavy atom. The number of halogens is 1. The Kier molecular flexibility index (Phi) is 3.25. The standard InChI is InChI=1S/C12H12ClNO2/c13-10-6-2-1-5-9(10)11(15)12(16)14-7-3-4-8-14/h1-2,5-6H,3-4,7-8H2. The summed E-state index contributed by atoms with van der Waals surface area (Å²) in [4.78, 5) is 25.3. The average Bonchev–Trinajstić information content (AvgIpc) is 2.81. The minimum Gasteiger partial charge on any atom is -0.336 e. The van der Waals surface area contributed by atoms with Crippen LogP contribution in [0.4, 0.5) is 0 Å². The third-order valence-electron chi connectivity index (χ3n) is 2.71. The summed E-state index contributed by atoms with van der Waals surface area (Å²) < 4.78 is 0. The number of benzene rings is 1. The van der Waals surface area contributed by atoms with Gasteiger partial charge in [0.25, 0.3) is 11.7 Å². The maximum atomic E-state index is 11.9. The van der Waals surface area contributed by atoms with Gasteiger partial charge in [0.05, 0.1) is 5.02 Å². The van der Waals surface area contributed by atoms with Crippen molar-refractivity contribution in [2.45, 2.75) is 12.8 Å². The van der Waals surface area contributed by atoms with Gasteiger partial charge in [-0.05, 0) is 25.0 Å². The first kappa shape index (κ1) is 11.1. The monoisotopic (exact) mass is 237 g/mol. The Labute approximate surface area is 99.0 Å². The predicted octanol–water partition coefficient (Wildman–Crippen LogP) is 2.15. The number of hydrogen-bond acceptors (Lipinski definition) is 2. The maximum Gasteiger partial charge on any atom is 0.295 e. The highest BCUT2D eigenvalue weighted by Gasteiger charge is 2.26. The minimum atomic E-state index is -0.507. The predicted molar refractivity (Wildman–Crippen MR) is 61.6 cm³/mol. The zero-order valence-corrected chi connectivity index (χ0v) is 9.54. The molecule has 0 spiro atoms. The number of likely N-dealkylation sites (tertiary alicyclic amines) is 1. The van der Waals surface area contributed by atoms with Crippen molar-refractivity contribution >= 4 is 23.3 Å². The van der Waals surface area contributed by atoms with E-state index in [0.717, 1.165) is 12.8 Å². The highest BCUT2D eigenvalue weighted by Crippen LogP contribution is 2.17. The van der Waals surface area contributed by atoms with E-state index < -0.39 is 11.7 Å². The van der Waals surface area contributed by atoms with E-state index >= 15 is 0 Å². The normalized spacial score (nSPS) is 15.2. The van der Waals surface area contributed by atoms with E-state index in [2.05, 4.69) is 0 Å². The average molecular weight is 238 g/mol. The number of carbonyl (C=O) groups is 2. The third-order valence-corrected chi connectivity index (χ3v) is 3.04. The van der Waals surface area contributed by atoms with Gasteiger partial charge in [0.15, 0.2) is 0 Å².